The number of rotatable bonds is 3. The molecule has 3 aromatic rings. The first-order chi connectivity index (χ1) is 15.7. The number of pyridine rings is 2. The molecule has 2 aliphatic heterocycles. The Labute approximate surface area is 185 Å². The highest BCUT2D eigenvalue weighted by Gasteiger charge is 2.28. The molecule has 4 heterocycles. The zero-order valence-electron chi connectivity index (χ0n) is 17.7. The third-order valence-corrected chi connectivity index (χ3v) is 6.88. The molecule has 7 nitrogen and oxygen atoms in total. The van der Waals surface area contributed by atoms with Crippen LogP contribution in [0.1, 0.15) is 34.5 Å². The summed E-state index contributed by atoms with van der Waals surface area (Å²) in [5.74, 6) is -0.219. The van der Waals surface area contributed by atoms with Gasteiger partial charge in [-0.15, -0.1) is 0 Å². The Kier molecular flexibility index (Phi) is 4.57. The number of benzene rings is 1. The van der Waals surface area contributed by atoms with Crippen molar-refractivity contribution in [2.24, 2.45) is 0 Å². The van der Waals surface area contributed by atoms with Crippen molar-refractivity contribution in [3.05, 3.63) is 75.8 Å². The van der Waals surface area contributed by atoms with E-state index in [1.165, 1.54) is 5.57 Å². The zero-order chi connectivity index (χ0) is 21.7. The lowest BCUT2D eigenvalue weighted by Gasteiger charge is -2.38. The van der Waals surface area contributed by atoms with Gasteiger partial charge in [0, 0.05) is 55.4 Å². The van der Waals surface area contributed by atoms with Crippen LogP contribution in [0.5, 0.6) is 0 Å². The molecule has 0 spiro atoms. The maximum absolute atomic E-state index is 12.4. The number of carbonyl (C=O) groups excluding carboxylic acids is 1. The van der Waals surface area contributed by atoms with E-state index in [1.807, 2.05) is 24.3 Å². The number of piperazine rings is 1. The van der Waals surface area contributed by atoms with Crippen LogP contribution < -0.4 is 10.5 Å². The second-order valence-electron chi connectivity index (χ2n) is 8.69. The number of carbonyl (C=O) groups is 1. The Bertz CT molecular complexity index is 1300. The van der Waals surface area contributed by atoms with E-state index in [0.29, 0.717) is 23.6 Å². The number of aromatic nitrogens is 2. The zero-order valence-corrected chi connectivity index (χ0v) is 17.7. The largest absolute Gasteiger partial charge is 0.457 e. The molecule has 1 atom stereocenters. The van der Waals surface area contributed by atoms with E-state index in [4.69, 9.17) is 4.74 Å². The molecule has 1 fully saturated rings. The first-order valence-electron chi connectivity index (χ1n) is 11.1. The second kappa shape index (κ2) is 7.60. The van der Waals surface area contributed by atoms with Crippen LogP contribution in [0.3, 0.4) is 0 Å². The van der Waals surface area contributed by atoms with Crippen LogP contribution in [0.2, 0.25) is 0 Å². The SMILES string of the molecule is O=C1OCc2cc(N3CCN(C4C=C(c5cc6ncccc6c(=O)[nH]5)CC4)CC3)ccc21. The molecule has 6 rings (SSSR count). The van der Waals surface area contributed by atoms with Crippen molar-refractivity contribution < 1.29 is 9.53 Å². The minimum Gasteiger partial charge on any atom is -0.457 e. The molecule has 0 radical (unpaired) electrons. The molecule has 1 saturated heterocycles. The first-order valence-corrected chi connectivity index (χ1v) is 11.1. The Balaban J connectivity index is 1.15. The molecule has 0 bridgehead atoms. The van der Waals surface area contributed by atoms with Crippen molar-refractivity contribution in [3.63, 3.8) is 0 Å². The van der Waals surface area contributed by atoms with Gasteiger partial charge in [0.05, 0.1) is 16.5 Å². The van der Waals surface area contributed by atoms with Crippen molar-refractivity contribution in [2.75, 3.05) is 31.1 Å². The van der Waals surface area contributed by atoms with E-state index in [-0.39, 0.29) is 11.5 Å². The van der Waals surface area contributed by atoms with E-state index in [2.05, 4.69) is 31.9 Å². The molecule has 32 heavy (non-hydrogen) atoms. The van der Waals surface area contributed by atoms with Crippen LogP contribution in [0.25, 0.3) is 16.5 Å². The molecular weight excluding hydrogens is 404 g/mol. The summed E-state index contributed by atoms with van der Waals surface area (Å²) in [6.07, 6.45) is 6.06. The predicted molar refractivity (Wildman–Crippen MR) is 123 cm³/mol. The molecule has 3 aliphatic rings. The Morgan fingerprint density at radius 2 is 1.94 bits per heavy atom. The van der Waals surface area contributed by atoms with E-state index in [9.17, 15) is 9.59 Å². The average Bonchev–Trinajstić information content (AvgIpc) is 3.46. The number of nitrogens with zero attached hydrogens (tertiary/aromatic N) is 3. The topological polar surface area (TPSA) is 78.5 Å². The summed E-state index contributed by atoms with van der Waals surface area (Å²) in [6, 6.07) is 12.0. The van der Waals surface area contributed by atoms with Gasteiger partial charge < -0.3 is 14.6 Å². The number of aromatic amines is 1. The normalized spacial score (nSPS) is 21.0. The maximum atomic E-state index is 12.4. The highest BCUT2D eigenvalue weighted by Crippen LogP contribution is 2.31. The molecule has 0 saturated carbocycles. The van der Waals surface area contributed by atoms with Crippen LogP contribution in [-0.4, -0.2) is 53.1 Å². The lowest BCUT2D eigenvalue weighted by molar-refractivity contribution is 0.0535. The number of hydrogen-bond acceptors (Lipinski definition) is 6. The highest BCUT2D eigenvalue weighted by atomic mass is 16.5. The first kappa shape index (κ1) is 19.3. The van der Waals surface area contributed by atoms with Gasteiger partial charge in [-0.2, -0.15) is 0 Å². The number of anilines is 1. The minimum absolute atomic E-state index is 0.0787. The fourth-order valence-corrected chi connectivity index (χ4v) is 5.10. The summed E-state index contributed by atoms with van der Waals surface area (Å²) in [4.78, 5) is 36.4. The number of fused-ring (bicyclic) bond motifs is 2. The molecule has 162 valence electrons. The van der Waals surface area contributed by atoms with Gasteiger partial charge in [-0.1, -0.05) is 6.08 Å². The summed E-state index contributed by atoms with van der Waals surface area (Å²) in [7, 11) is 0. The number of allylic oxidation sites excluding steroid dienone is 1. The van der Waals surface area contributed by atoms with E-state index >= 15 is 0 Å². The van der Waals surface area contributed by atoms with Gasteiger partial charge in [-0.3, -0.25) is 14.7 Å². The molecule has 0 amide bonds. The lowest BCUT2D eigenvalue weighted by Crippen LogP contribution is -2.49. The fourth-order valence-electron chi connectivity index (χ4n) is 5.10. The summed E-state index contributed by atoms with van der Waals surface area (Å²) >= 11 is 0. The lowest BCUT2D eigenvalue weighted by atomic mass is 10.1. The number of ether oxygens (including phenoxy) is 1. The van der Waals surface area contributed by atoms with Crippen LogP contribution >= 0.6 is 0 Å². The average molecular weight is 428 g/mol. The second-order valence-corrected chi connectivity index (χ2v) is 8.69. The predicted octanol–water partition coefficient (Wildman–Crippen LogP) is 2.96. The van der Waals surface area contributed by atoms with Gasteiger partial charge in [0.25, 0.3) is 5.56 Å². The molecule has 1 aromatic carbocycles. The van der Waals surface area contributed by atoms with Crippen LogP contribution in [0.15, 0.2) is 53.5 Å². The molecule has 1 N–H and O–H groups in total. The number of cyclic esters (lactones) is 1. The standard InChI is InChI=1S/C25H24N4O3/c30-24-21-2-1-7-26-23(21)14-22(27-24)16-3-4-18(12-16)28-8-10-29(11-9-28)19-5-6-20-17(13-19)15-32-25(20)31/h1-2,5-7,12-14,18H,3-4,8-11,15H2,(H,27,30). The third-order valence-electron chi connectivity index (χ3n) is 6.88. The van der Waals surface area contributed by atoms with Gasteiger partial charge in [0.1, 0.15) is 6.61 Å². The summed E-state index contributed by atoms with van der Waals surface area (Å²) in [5, 5.41) is 0.630. The van der Waals surface area contributed by atoms with E-state index in [0.717, 1.165) is 61.5 Å². The third kappa shape index (κ3) is 3.29. The fraction of sp³-hybridized carbons (Fsp3) is 0.320. The summed E-state index contributed by atoms with van der Waals surface area (Å²) in [5.41, 5.74) is 5.58. The number of nitrogens with one attached hydrogen (secondary N) is 1. The maximum Gasteiger partial charge on any atom is 0.338 e. The van der Waals surface area contributed by atoms with Crippen molar-refractivity contribution in [3.8, 4) is 0 Å². The number of H-pyrrole nitrogens is 1. The van der Waals surface area contributed by atoms with E-state index in [1.54, 1.807) is 12.3 Å². The molecule has 2 aromatic heterocycles. The van der Waals surface area contributed by atoms with E-state index < -0.39 is 0 Å². The highest BCUT2D eigenvalue weighted by molar-refractivity contribution is 5.93. The van der Waals surface area contributed by atoms with Crippen molar-refractivity contribution >= 4 is 28.1 Å². The Morgan fingerprint density at radius 3 is 2.81 bits per heavy atom. The van der Waals surface area contributed by atoms with Crippen LogP contribution in [0, 0.1) is 0 Å². The molecular formula is C25H24N4O3. The van der Waals surface area contributed by atoms with Gasteiger partial charge in [-0.25, -0.2) is 4.79 Å². The monoisotopic (exact) mass is 428 g/mol. The number of esters is 1. The quantitative estimate of drug-likeness (QED) is 0.647. The van der Waals surface area contributed by atoms with Gasteiger partial charge in [0.2, 0.25) is 0 Å². The van der Waals surface area contributed by atoms with Crippen molar-refractivity contribution in [1.29, 1.82) is 0 Å². The van der Waals surface area contributed by atoms with Crippen LogP contribution in [0.4, 0.5) is 5.69 Å². The number of hydrogen-bond donors (Lipinski definition) is 1. The molecule has 7 heteroatoms. The van der Waals surface area contributed by atoms with Gasteiger partial charge in [-0.05, 0) is 54.8 Å². The van der Waals surface area contributed by atoms with Crippen molar-refractivity contribution in [1.82, 2.24) is 14.9 Å². The summed E-state index contributed by atoms with van der Waals surface area (Å²) < 4.78 is 5.13. The van der Waals surface area contributed by atoms with Gasteiger partial charge >= 0.3 is 5.97 Å². The smallest absolute Gasteiger partial charge is 0.338 e. The molecule has 1 aliphatic carbocycles. The molecule has 1 unspecified atom stereocenters. The summed E-state index contributed by atoms with van der Waals surface area (Å²) in [6.45, 7) is 4.24. The Morgan fingerprint density at radius 1 is 1.06 bits per heavy atom. The van der Waals surface area contributed by atoms with Gasteiger partial charge in [0.15, 0.2) is 0 Å². The Hall–Kier alpha value is -3.45. The minimum atomic E-state index is -0.219. The van der Waals surface area contributed by atoms with Crippen molar-refractivity contribution in [2.45, 2.75) is 25.5 Å². The van der Waals surface area contributed by atoms with Crippen LogP contribution in [-0.2, 0) is 11.3 Å².